The number of methoxy groups -OCH3 is 1. The van der Waals surface area contributed by atoms with Crippen molar-refractivity contribution in [3.63, 3.8) is 0 Å². The average molecular weight is 421 g/mol. The fourth-order valence-corrected chi connectivity index (χ4v) is 3.07. The molecule has 0 spiro atoms. The highest BCUT2D eigenvalue weighted by molar-refractivity contribution is 5.81. The zero-order valence-corrected chi connectivity index (χ0v) is 20.3. The van der Waals surface area contributed by atoms with Gasteiger partial charge in [0.25, 0.3) is 0 Å². The second-order valence-electron chi connectivity index (χ2n) is 9.06. The van der Waals surface area contributed by atoms with Gasteiger partial charge in [0, 0.05) is 5.56 Å². The van der Waals surface area contributed by atoms with Gasteiger partial charge in [0.1, 0.15) is 5.75 Å². The highest BCUT2D eigenvalue weighted by Crippen LogP contribution is 2.39. The maximum absolute atomic E-state index is 12.7. The van der Waals surface area contributed by atoms with Crippen molar-refractivity contribution in [1.29, 1.82) is 0 Å². The van der Waals surface area contributed by atoms with E-state index in [1.807, 2.05) is 13.0 Å². The summed E-state index contributed by atoms with van der Waals surface area (Å²) in [7, 11) is 1.28. The number of esters is 2. The molecule has 0 aliphatic heterocycles. The number of hydrogen-bond donors (Lipinski definition) is 0. The van der Waals surface area contributed by atoms with Crippen molar-refractivity contribution in [1.82, 2.24) is 0 Å². The maximum Gasteiger partial charge on any atom is 0.348 e. The third-order valence-electron chi connectivity index (χ3n) is 6.25. The predicted octanol–water partition coefficient (Wildman–Crippen LogP) is 5.71. The van der Waals surface area contributed by atoms with E-state index in [1.165, 1.54) is 12.7 Å². The van der Waals surface area contributed by atoms with Crippen LogP contribution in [0, 0.1) is 0 Å². The molecule has 0 amide bonds. The van der Waals surface area contributed by atoms with Crippen LogP contribution in [0.2, 0.25) is 0 Å². The van der Waals surface area contributed by atoms with Gasteiger partial charge in [-0.3, -0.25) is 0 Å². The summed E-state index contributed by atoms with van der Waals surface area (Å²) in [5.41, 5.74) is 2.27. The van der Waals surface area contributed by atoms with E-state index in [4.69, 9.17) is 14.2 Å². The second-order valence-corrected chi connectivity index (χ2v) is 9.06. The molecule has 0 aromatic heterocycles. The fraction of sp³-hybridized carbons (Fsp3) is 0.680. The topological polar surface area (TPSA) is 61.8 Å². The lowest BCUT2D eigenvalue weighted by Gasteiger charge is -2.31. The Morgan fingerprint density at radius 3 is 1.90 bits per heavy atom. The van der Waals surface area contributed by atoms with Gasteiger partial charge >= 0.3 is 11.9 Å². The standard InChI is InChI=1S/C25H40O5/c1-10-19(22(26)28-9)30-23(27)20(11-2)29-21-15-14-17(24(5,6)12-3)16-18(21)25(7,8)13-4/h14-16,19-20H,10-13H2,1-9H3. The van der Waals surface area contributed by atoms with Crippen molar-refractivity contribution in [2.45, 2.75) is 104 Å². The van der Waals surface area contributed by atoms with Crippen LogP contribution in [-0.4, -0.2) is 31.3 Å². The van der Waals surface area contributed by atoms with Gasteiger partial charge in [0.05, 0.1) is 7.11 Å². The zero-order valence-electron chi connectivity index (χ0n) is 20.3. The second kappa shape index (κ2) is 10.8. The molecule has 0 radical (unpaired) electrons. The van der Waals surface area contributed by atoms with Gasteiger partial charge in [0.2, 0.25) is 0 Å². The monoisotopic (exact) mass is 420 g/mol. The molecular weight excluding hydrogens is 380 g/mol. The predicted molar refractivity (Wildman–Crippen MR) is 120 cm³/mol. The molecule has 0 aliphatic rings. The summed E-state index contributed by atoms with van der Waals surface area (Å²) in [5.74, 6) is -0.417. The van der Waals surface area contributed by atoms with E-state index in [0.29, 0.717) is 18.6 Å². The summed E-state index contributed by atoms with van der Waals surface area (Å²) in [6.07, 6.45) is 1.03. The quantitative estimate of drug-likeness (QED) is 0.429. The molecule has 2 unspecified atom stereocenters. The summed E-state index contributed by atoms with van der Waals surface area (Å²) in [5, 5.41) is 0. The van der Waals surface area contributed by atoms with Crippen LogP contribution in [-0.2, 0) is 29.9 Å². The Labute approximate surface area is 182 Å². The largest absolute Gasteiger partial charge is 0.478 e. The van der Waals surface area contributed by atoms with Crippen LogP contribution < -0.4 is 4.74 Å². The minimum atomic E-state index is -0.917. The van der Waals surface area contributed by atoms with Crippen LogP contribution in [0.4, 0.5) is 0 Å². The molecule has 0 saturated carbocycles. The van der Waals surface area contributed by atoms with Crippen molar-refractivity contribution >= 4 is 11.9 Å². The van der Waals surface area contributed by atoms with E-state index in [0.717, 1.165) is 18.4 Å². The molecule has 5 heteroatoms. The molecule has 2 atom stereocenters. The first-order valence-corrected chi connectivity index (χ1v) is 11.1. The van der Waals surface area contributed by atoms with E-state index in [9.17, 15) is 9.59 Å². The number of hydrogen-bond acceptors (Lipinski definition) is 5. The lowest BCUT2D eigenvalue weighted by atomic mass is 9.76. The number of benzene rings is 1. The highest BCUT2D eigenvalue weighted by atomic mass is 16.6. The molecule has 0 saturated heterocycles. The van der Waals surface area contributed by atoms with Crippen LogP contribution in [0.15, 0.2) is 18.2 Å². The lowest BCUT2D eigenvalue weighted by Crippen LogP contribution is -2.36. The first kappa shape index (κ1) is 26.0. The average Bonchev–Trinajstić information content (AvgIpc) is 2.74. The maximum atomic E-state index is 12.7. The lowest BCUT2D eigenvalue weighted by molar-refractivity contribution is -0.171. The molecule has 0 heterocycles. The summed E-state index contributed by atoms with van der Waals surface area (Å²) in [4.78, 5) is 24.5. The van der Waals surface area contributed by atoms with E-state index in [2.05, 4.69) is 53.7 Å². The van der Waals surface area contributed by atoms with Crippen molar-refractivity contribution < 1.29 is 23.8 Å². The molecule has 0 fully saturated rings. The first-order valence-electron chi connectivity index (χ1n) is 11.1. The number of ether oxygens (including phenoxy) is 3. The molecule has 5 nitrogen and oxygen atoms in total. The van der Waals surface area contributed by atoms with Crippen LogP contribution in [0.5, 0.6) is 5.75 Å². The molecule has 30 heavy (non-hydrogen) atoms. The molecule has 1 aromatic carbocycles. The van der Waals surface area contributed by atoms with Crippen LogP contribution in [0.25, 0.3) is 0 Å². The van der Waals surface area contributed by atoms with Gasteiger partial charge in [-0.1, -0.05) is 67.5 Å². The molecular formula is C25H40O5. The number of rotatable bonds is 11. The Morgan fingerprint density at radius 2 is 1.43 bits per heavy atom. The van der Waals surface area contributed by atoms with Gasteiger partial charge in [-0.25, -0.2) is 9.59 Å². The normalized spacial score (nSPS) is 14.0. The molecule has 1 rings (SSSR count). The SMILES string of the molecule is CCC(OC(=O)C(CC)Oc1ccc(C(C)(C)CC)cc1C(C)(C)CC)C(=O)OC. The van der Waals surface area contributed by atoms with Crippen molar-refractivity contribution in [2.24, 2.45) is 0 Å². The smallest absolute Gasteiger partial charge is 0.348 e. The number of carbonyl (C=O) groups excluding carboxylic acids is 2. The summed E-state index contributed by atoms with van der Waals surface area (Å²) in [6, 6.07) is 6.26. The summed E-state index contributed by atoms with van der Waals surface area (Å²) in [6.45, 7) is 16.8. The van der Waals surface area contributed by atoms with Gasteiger partial charge in [-0.15, -0.1) is 0 Å². The fourth-order valence-electron chi connectivity index (χ4n) is 3.07. The van der Waals surface area contributed by atoms with Crippen LogP contribution in [0.3, 0.4) is 0 Å². The van der Waals surface area contributed by atoms with Gasteiger partial charge in [-0.05, 0) is 48.1 Å². The Bertz CT molecular complexity index is 720. The van der Waals surface area contributed by atoms with Gasteiger partial charge in [-0.2, -0.15) is 0 Å². The first-order chi connectivity index (χ1) is 14.0. The molecule has 0 N–H and O–H groups in total. The van der Waals surface area contributed by atoms with Gasteiger partial charge in [0.15, 0.2) is 12.2 Å². The molecule has 1 aromatic rings. The Hall–Kier alpha value is -2.04. The van der Waals surface area contributed by atoms with Gasteiger partial charge < -0.3 is 14.2 Å². The zero-order chi connectivity index (χ0) is 23.1. The molecule has 170 valence electrons. The van der Waals surface area contributed by atoms with Crippen LogP contribution >= 0.6 is 0 Å². The van der Waals surface area contributed by atoms with E-state index in [1.54, 1.807) is 6.92 Å². The van der Waals surface area contributed by atoms with E-state index in [-0.39, 0.29) is 10.8 Å². The molecule has 0 bridgehead atoms. The van der Waals surface area contributed by atoms with Crippen molar-refractivity contribution in [2.75, 3.05) is 7.11 Å². The summed E-state index contributed by atoms with van der Waals surface area (Å²) < 4.78 is 16.3. The Kier molecular flexibility index (Phi) is 9.38. The van der Waals surface area contributed by atoms with Crippen molar-refractivity contribution in [3.8, 4) is 5.75 Å². The summed E-state index contributed by atoms with van der Waals surface area (Å²) >= 11 is 0. The third kappa shape index (κ3) is 6.23. The Balaban J connectivity index is 3.25. The highest BCUT2D eigenvalue weighted by Gasteiger charge is 2.31. The van der Waals surface area contributed by atoms with Crippen molar-refractivity contribution in [3.05, 3.63) is 29.3 Å². The third-order valence-corrected chi connectivity index (χ3v) is 6.25. The van der Waals surface area contributed by atoms with E-state index >= 15 is 0 Å². The molecule has 0 aliphatic carbocycles. The number of carbonyl (C=O) groups is 2. The minimum absolute atomic E-state index is 0.0506. The Morgan fingerprint density at radius 1 is 0.867 bits per heavy atom. The van der Waals surface area contributed by atoms with Crippen LogP contribution in [0.1, 0.15) is 92.2 Å². The minimum Gasteiger partial charge on any atom is -0.478 e. The van der Waals surface area contributed by atoms with E-state index < -0.39 is 24.1 Å².